The minimum atomic E-state index is -2.06. The van der Waals surface area contributed by atoms with E-state index in [1.807, 2.05) is 6.92 Å². The van der Waals surface area contributed by atoms with Crippen LogP contribution in [0.3, 0.4) is 0 Å². The Morgan fingerprint density at radius 3 is 2.71 bits per heavy atom. The third-order valence-corrected chi connectivity index (χ3v) is 2.33. The quantitative estimate of drug-likeness (QED) is 0.778. The van der Waals surface area contributed by atoms with E-state index in [-0.39, 0.29) is 4.90 Å². The molecular formula is C9H12O4S. The summed E-state index contributed by atoms with van der Waals surface area (Å²) in [6.07, 6.45) is 0. The van der Waals surface area contributed by atoms with Crippen molar-refractivity contribution >= 4 is 11.1 Å². The number of benzene rings is 1. The normalized spacial score (nSPS) is 12.2. The monoisotopic (exact) mass is 216 g/mol. The Labute approximate surface area is 85.1 Å². The molecule has 0 saturated heterocycles. The van der Waals surface area contributed by atoms with Gasteiger partial charge in [0.1, 0.15) is 16.4 Å². The zero-order valence-electron chi connectivity index (χ0n) is 8.02. The Balaban J connectivity index is 3.10. The minimum absolute atomic E-state index is 0.228. The summed E-state index contributed by atoms with van der Waals surface area (Å²) in [5, 5.41) is 0. The highest BCUT2D eigenvalue weighted by atomic mass is 32.2. The summed E-state index contributed by atoms with van der Waals surface area (Å²) in [5.41, 5.74) is 0. The van der Waals surface area contributed by atoms with E-state index >= 15 is 0 Å². The van der Waals surface area contributed by atoms with Gasteiger partial charge in [-0.3, -0.25) is 0 Å². The lowest BCUT2D eigenvalue weighted by atomic mass is 10.3. The van der Waals surface area contributed by atoms with Gasteiger partial charge in [0, 0.05) is 6.07 Å². The average Bonchev–Trinajstić information content (AvgIpc) is 2.18. The zero-order valence-corrected chi connectivity index (χ0v) is 8.84. The molecule has 0 bridgehead atoms. The van der Waals surface area contributed by atoms with Crippen molar-refractivity contribution in [1.82, 2.24) is 0 Å². The van der Waals surface area contributed by atoms with Gasteiger partial charge >= 0.3 is 0 Å². The molecule has 1 unspecified atom stereocenters. The molecule has 0 heterocycles. The summed E-state index contributed by atoms with van der Waals surface area (Å²) in [6.45, 7) is 2.27. The molecule has 0 spiro atoms. The van der Waals surface area contributed by atoms with E-state index in [1.165, 1.54) is 13.2 Å². The van der Waals surface area contributed by atoms with Gasteiger partial charge in [-0.1, -0.05) is 0 Å². The first kappa shape index (κ1) is 11.0. The third kappa shape index (κ3) is 2.46. The topological polar surface area (TPSA) is 55.8 Å². The molecule has 0 radical (unpaired) electrons. The van der Waals surface area contributed by atoms with Crippen LogP contribution in [0.5, 0.6) is 11.5 Å². The minimum Gasteiger partial charge on any atom is -0.497 e. The maximum absolute atomic E-state index is 10.9. The van der Waals surface area contributed by atoms with Gasteiger partial charge in [-0.15, -0.1) is 0 Å². The van der Waals surface area contributed by atoms with Crippen molar-refractivity contribution < 1.29 is 18.2 Å². The van der Waals surface area contributed by atoms with Gasteiger partial charge in [-0.2, -0.15) is 0 Å². The van der Waals surface area contributed by atoms with Crippen molar-refractivity contribution in [3.63, 3.8) is 0 Å². The molecule has 78 valence electrons. The first-order valence-electron chi connectivity index (χ1n) is 4.10. The smallest absolute Gasteiger partial charge is 0.190 e. The van der Waals surface area contributed by atoms with E-state index < -0.39 is 11.1 Å². The van der Waals surface area contributed by atoms with Crippen molar-refractivity contribution in [3.05, 3.63) is 18.2 Å². The fourth-order valence-electron chi connectivity index (χ4n) is 1.03. The summed E-state index contributed by atoms with van der Waals surface area (Å²) in [7, 11) is 1.50. The first-order chi connectivity index (χ1) is 6.69. The average molecular weight is 216 g/mol. The van der Waals surface area contributed by atoms with E-state index in [2.05, 4.69) is 0 Å². The SMILES string of the molecule is CCOc1ccc(OC)cc1S(=O)O. The van der Waals surface area contributed by atoms with Gasteiger partial charge in [-0.25, -0.2) is 4.21 Å². The Kier molecular flexibility index (Phi) is 3.91. The second-order valence-electron chi connectivity index (χ2n) is 2.49. The molecule has 0 aliphatic carbocycles. The van der Waals surface area contributed by atoms with Crippen LogP contribution in [0.15, 0.2) is 23.1 Å². The standard InChI is InChI=1S/C9H12O4S/c1-3-13-8-5-4-7(12-2)6-9(8)14(10)11/h4-6H,3H2,1-2H3,(H,10,11). The fourth-order valence-corrected chi connectivity index (χ4v) is 1.54. The van der Waals surface area contributed by atoms with Crippen molar-refractivity contribution in [1.29, 1.82) is 0 Å². The molecule has 1 rings (SSSR count). The highest BCUT2D eigenvalue weighted by Crippen LogP contribution is 2.26. The summed E-state index contributed by atoms with van der Waals surface area (Å²) in [6, 6.07) is 4.79. The van der Waals surface area contributed by atoms with Crippen molar-refractivity contribution in [2.75, 3.05) is 13.7 Å². The summed E-state index contributed by atoms with van der Waals surface area (Å²) >= 11 is -2.06. The van der Waals surface area contributed by atoms with Crippen molar-refractivity contribution in [2.45, 2.75) is 11.8 Å². The van der Waals surface area contributed by atoms with Crippen molar-refractivity contribution in [2.24, 2.45) is 0 Å². The molecule has 14 heavy (non-hydrogen) atoms. The molecular weight excluding hydrogens is 204 g/mol. The molecule has 5 heteroatoms. The molecule has 4 nitrogen and oxygen atoms in total. The van der Waals surface area contributed by atoms with Gasteiger partial charge in [0.2, 0.25) is 0 Å². The molecule has 0 saturated carbocycles. The van der Waals surface area contributed by atoms with Gasteiger partial charge in [0.25, 0.3) is 0 Å². The van der Waals surface area contributed by atoms with Crippen LogP contribution in [-0.2, 0) is 11.1 Å². The van der Waals surface area contributed by atoms with Crippen LogP contribution in [0.25, 0.3) is 0 Å². The highest BCUT2D eigenvalue weighted by molar-refractivity contribution is 7.79. The lowest BCUT2D eigenvalue weighted by Gasteiger charge is -2.08. The number of hydrogen-bond acceptors (Lipinski definition) is 3. The maximum atomic E-state index is 10.9. The lowest BCUT2D eigenvalue weighted by molar-refractivity contribution is 0.329. The van der Waals surface area contributed by atoms with E-state index in [9.17, 15) is 4.21 Å². The number of rotatable bonds is 4. The highest BCUT2D eigenvalue weighted by Gasteiger charge is 2.10. The molecule has 1 N–H and O–H groups in total. The Bertz CT molecular complexity index is 338. The fraction of sp³-hybridized carbons (Fsp3) is 0.333. The summed E-state index contributed by atoms with van der Waals surface area (Å²) in [5.74, 6) is 0.944. The van der Waals surface area contributed by atoms with Crippen LogP contribution in [-0.4, -0.2) is 22.5 Å². The van der Waals surface area contributed by atoms with Crippen molar-refractivity contribution in [3.8, 4) is 11.5 Å². The summed E-state index contributed by atoms with van der Waals surface area (Å²) in [4.78, 5) is 0.228. The number of hydrogen-bond donors (Lipinski definition) is 1. The van der Waals surface area contributed by atoms with E-state index in [0.717, 1.165) is 0 Å². The zero-order chi connectivity index (χ0) is 10.6. The maximum Gasteiger partial charge on any atom is 0.190 e. The van der Waals surface area contributed by atoms with E-state index in [1.54, 1.807) is 12.1 Å². The van der Waals surface area contributed by atoms with Crippen LogP contribution in [0.2, 0.25) is 0 Å². The molecule has 0 aliphatic heterocycles. The van der Waals surface area contributed by atoms with Crippen LogP contribution in [0.4, 0.5) is 0 Å². The van der Waals surface area contributed by atoms with E-state index in [0.29, 0.717) is 18.1 Å². The van der Waals surface area contributed by atoms with E-state index in [4.69, 9.17) is 14.0 Å². The molecule has 0 aliphatic rings. The summed E-state index contributed by atoms with van der Waals surface area (Å²) < 4.78 is 30.1. The van der Waals surface area contributed by atoms with Crippen LogP contribution < -0.4 is 9.47 Å². The van der Waals surface area contributed by atoms with Gasteiger partial charge < -0.3 is 14.0 Å². The Morgan fingerprint density at radius 1 is 1.50 bits per heavy atom. The molecule has 1 aromatic rings. The van der Waals surface area contributed by atoms with Crippen LogP contribution in [0.1, 0.15) is 6.92 Å². The molecule has 1 atom stereocenters. The van der Waals surface area contributed by atoms with Crippen LogP contribution >= 0.6 is 0 Å². The third-order valence-electron chi connectivity index (χ3n) is 1.64. The van der Waals surface area contributed by atoms with Gasteiger partial charge in [-0.05, 0) is 19.1 Å². The molecule has 0 aromatic heterocycles. The second-order valence-corrected chi connectivity index (χ2v) is 3.43. The van der Waals surface area contributed by atoms with Gasteiger partial charge in [0.05, 0.1) is 13.7 Å². The second kappa shape index (κ2) is 4.97. The Hall–Kier alpha value is -1.07. The molecule has 0 amide bonds. The number of ether oxygens (including phenoxy) is 2. The number of methoxy groups -OCH3 is 1. The predicted molar refractivity (Wildman–Crippen MR) is 53.2 cm³/mol. The van der Waals surface area contributed by atoms with Crippen LogP contribution in [0, 0.1) is 0 Å². The van der Waals surface area contributed by atoms with Gasteiger partial charge in [0.15, 0.2) is 11.1 Å². The predicted octanol–water partition coefficient (Wildman–Crippen LogP) is 1.67. The molecule has 1 aromatic carbocycles. The molecule has 0 fully saturated rings. The first-order valence-corrected chi connectivity index (χ1v) is 5.21. The lowest BCUT2D eigenvalue weighted by Crippen LogP contribution is -1.98. The Morgan fingerprint density at radius 2 is 2.21 bits per heavy atom. The largest absolute Gasteiger partial charge is 0.497 e.